The maximum Gasteiger partial charge on any atom is 0.152 e. The fourth-order valence-corrected chi connectivity index (χ4v) is 1.59. The van der Waals surface area contributed by atoms with Crippen molar-refractivity contribution in [1.82, 2.24) is 0 Å². The quantitative estimate of drug-likeness (QED) is 0.653. The zero-order valence-electron chi connectivity index (χ0n) is 6.80. The lowest BCUT2D eigenvalue weighted by Crippen LogP contribution is -1.78. The van der Waals surface area contributed by atoms with Crippen LogP contribution in [0.3, 0.4) is 0 Å². The van der Waals surface area contributed by atoms with E-state index in [-0.39, 0.29) is 0 Å². The van der Waals surface area contributed by atoms with E-state index in [0.717, 1.165) is 17.4 Å². The molecule has 1 heterocycles. The predicted octanol–water partition coefficient (Wildman–Crippen LogP) is 3.65. The Labute approximate surface area is 75.9 Å². The number of fused-ring (bicyclic) bond motifs is 1. The van der Waals surface area contributed by atoms with Gasteiger partial charge >= 0.3 is 0 Å². The minimum absolute atomic E-state index is 0.703. The fraction of sp³-hybridized carbons (Fsp3) is 0.200. The first kappa shape index (κ1) is 7.69. The molecule has 2 aromatic rings. The second-order valence-electron chi connectivity index (χ2n) is 2.77. The van der Waals surface area contributed by atoms with Crippen molar-refractivity contribution < 1.29 is 4.42 Å². The minimum Gasteiger partial charge on any atom is -0.463 e. The summed E-state index contributed by atoms with van der Waals surface area (Å²) in [5.74, 6) is 0. The lowest BCUT2D eigenvalue weighted by molar-refractivity contribution is 0.616. The SMILES string of the molecule is CCc1cc(Cl)c2occc2c1. The lowest BCUT2D eigenvalue weighted by Gasteiger charge is -1.97. The van der Waals surface area contributed by atoms with Crippen LogP contribution in [0.5, 0.6) is 0 Å². The largest absolute Gasteiger partial charge is 0.463 e. The molecule has 1 aromatic carbocycles. The highest BCUT2D eigenvalue weighted by atomic mass is 35.5. The van der Waals surface area contributed by atoms with E-state index in [1.807, 2.05) is 12.1 Å². The van der Waals surface area contributed by atoms with Crippen molar-refractivity contribution in [2.75, 3.05) is 0 Å². The molecule has 0 aliphatic carbocycles. The maximum atomic E-state index is 5.99. The van der Waals surface area contributed by atoms with Gasteiger partial charge in [0.1, 0.15) is 0 Å². The Bertz CT molecular complexity index is 403. The molecule has 62 valence electrons. The highest BCUT2D eigenvalue weighted by Gasteiger charge is 2.03. The van der Waals surface area contributed by atoms with Gasteiger partial charge in [0.15, 0.2) is 5.58 Å². The van der Waals surface area contributed by atoms with E-state index in [2.05, 4.69) is 13.0 Å². The monoisotopic (exact) mass is 180 g/mol. The van der Waals surface area contributed by atoms with Gasteiger partial charge < -0.3 is 4.42 Å². The molecule has 0 N–H and O–H groups in total. The molecule has 0 amide bonds. The number of benzene rings is 1. The Morgan fingerprint density at radius 1 is 1.42 bits per heavy atom. The van der Waals surface area contributed by atoms with Gasteiger partial charge in [-0.3, -0.25) is 0 Å². The number of furan rings is 1. The molecule has 0 unspecified atom stereocenters. The van der Waals surface area contributed by atoms with E-state index in [1.54, 1.807) is 6.26 Å². The molecule has 0 saturated heterocycles. The summed E-state index contributed by atoms with van der Waals surface area (Å²) < 4.78 is 5.22. The van der Waals surface area contributed by atoms with Crippen LogP contribution < -0.4 is 0 Å². The number of halogens is 1. The van der Waals surface area contributed by atoms with Crippen molar-refractivity contribution in [3.8, 4) is 0 Å². The summed E-state index contributed by atoms with van der Waals surface area (Å²) in [4.78, 5) is 0. The molecular weight excluding hydrogens is 172 g/mol. The van der Waals surface area contributed by atoms with Gasteiger partial charge in [-0.15, -0.1) is 0 Å². The second-order valence-corrected chi connectivity index (χ2v) is 3.18. The van der Waals surface area contributed by atoms with Crippen LogP contribution in [-0.4, -0.2) is 0 Å². The molecule has 0 aliphatic rings. The third-order valence-electron chi connectivity index (χ3n) is 1.97. The summed E-state index contributed by atoms with van der Waals surface area (Å²) in [5, 5.41) is 1.79. The van der Waals surface area contributed by atoms with Crippen molar-refractivity contribution in [2.45, 2.75) is 13.3 Å². The molecule has 1 nitrogen and oxygen atoms in total. The van der Waals surface area contributed by atoms with Gasteiger partial charge in [0.2, 0.25) is 0 Å². The molecular formula is C10H9ClO. The molecule has 0 spiro atoms. The van der Waals surface area contributed by atoms with Gasteiger partial charge in [-0.2, -0.15) is 0 Å². The molecule has 0 aliphatic heterocycles. The summed E-state index contributed by atoms with van der Waals surface area (Å²) >= 11 is 5.99. The van der Waals surface area contributed by atoms with Crippen molar-refractivity contribution in [2.24, 2.45) is 0 Å². The molecule has 0 radical (unpaired) electrons. The molecule has 0 saturated carbocycles. The smallest absolute Gasteiger partial charge is 0.152 e. The van der Waals surface area contributed by atoms with Gasteiger partial charge in [0, 0.05) is 5.39 Å². The van der Waals surface area contributed by atoms with Crippen LogP contribution in [0.1, 0.15) is 12.5 Å². The average Bonchev–Trinajstić information content (AvgIpc) is 2.52. The van der Waals surface area contributed by atoms with Gasteiger partial charge in [-0.1, -0.05) is 18.5 Å². The molecule has 0 fully saturated rings. The molecule has 0 atom stereocenters. The summed E-state index contributed by atoms with van der Waals surface area (Å²) in [7, 11) is 0. The van der Waals surface area contributed by atoms with Crippen molar-refractivity contribution in [1.29, 1.82) is 0 Å². The standard InChI is InChI=1S/C10H9ClO/c1-2-7-5-8-3-4-12-10(8)9(11)6-7/h3-6H,2H2,1H3. The van der Waals surface area contributed by atoms with Crippen molar-refractivity contribution in [3.05, 3.63) is 35.0 Å². The van der Waals surface area contributed by atoms with E-state index in [4.69, 9.17) is 16.0 Å². The van der Waals surface area contributed by atoms with Gasteiger partial charge in [-0.05, 0) is 30.2 Å². The number of hydrogen-bond donors (Lipinski definition) is 0. The van der Waals surface area contributed by atoms with Crippen LogP contribution in [0, 0.1) is 0 Å². The molecule has 0 bridgehead atoms. The van der Waals surface area contributed by atoms with Gasteiger partial charge in [-0.25, -0.2) is 0 Å². The van der Waals surface area contributed by atoms with Crippen LogP contribution >= 0.6 is 11.6 Å². The topological polar surface area (TPSA) is 13.1 Å². The number of hydrogen-bond acceptors (Lipinski definition) is 1. The first-order valence-corrected chi connectivity index (χ1v) is 4.34. The van der Waals surface area contributed by atoms with E-state index < -0.39 is 0 Å². The van der Waals surface area contributed by atoms with E-state index in [0.29, 0.717) is 5.02 Å². The summed E-state index contributed by atoms with van der Waals surface area (Å²) in [6.07, 6.45) is 2.66. The fourth-order valence-electron chi connectivity index (χ4n) is 1.30. The first-order valence-electron chi connectivity index (χ1n) is 3.97. The summed E-state index contributed by atoms with van der Waals surface area (Å²) in [6.45, 7) is 2.11. The predicted molar refractivity (Wildman–Crippen MR) is 50.6 cm³/mol. The van der Waals surface area contributed by atoms with E-state index in [9.17, 15) is 0 Å². The van der Waals surface area contributed by atoms with Crippen LogP contribution in [0.15, 0.2) is 28.9 Å². The highest BCUT2D eigenvalue weighted by molar-refractivity contribution is 6.34. The maximum absolute atomic E-state index is 5.99. The van der Waals surface area contributed by atoms with E-state index >= 15 is 0 Å². The van der Waals surface area contributed by atoms with Gasteiger partial charge in [0.05, 0.1) is 11.3 Å². The molecule has 12 heavy (non-hydrogen) atoms. The van der Waals surface area contributed by atoms with Crippen molar-refractivity contribution in [3.63, 3.8) is 0 Å². The Kier molecular flexibility index (Phi) is 1.81. The zero-order chi connectivity index (χ0) is 8.55. The number of rotatable bonds is 1. The molecule has 1 aromatic heterocycles. The summed E-state index contributed by atoms with van der Waals surface area (Å²) in [5.41, 5.74) is 2.03. The second kappa shape index (κ2) is 2.83. The summed E-state index contributed by atoms with van der Waals surface area (Å²) in [6, 6.07) is 5.98. The Morgan fingerprint density at radius 2 is 2.25 bits per heavy atom. The Morgan fingerprint density at radius 3 is 3.00 bits per heavy atom. The zero-order valence-corrected chi connectivity index (χ0v) is 7.56. The van der Waals surface area contributed by atoms with Crippen LogP contribution in [0.4, 0.5) is 0 Å². The molecule has 2 rings (SSSR count). The normalized spacial score (nSPS) is 10.8. The third-order valence-corrected chi connectivity index (χ3v) is 2.25. The Hall–Kier alpha value is -0.950. The van der Waals surface area contributed by atoms with Gasteiger partial charge in [0.25, 0.3) is 0 Å². The average molecular weight is 181 g/mol. The van der Waals surface area contributed by atoms with Crippen LogP contribution in [0.2, 0.25) is 5.02 Å². The first-order chi connectivity index (χ1) is 5.81. The molecule has 2 heteroatoms. The van der Waals surface area contributed by atoms with Crippen LogP contribution in [-0.2, 0) is 6.42 Å². The van der Waals surface area contributed by atoms with Crippen LogP contribution in [0.25, 0.3) is 11.0 Å². The minimum atomic E-state index is 0.703. The Balaban J connectivity index is 2.75. The highest BCUT2D eigenvalue weighted by Crippen LogP contribution is 2.26. The van der Waals surface area contributed by atoms with Crippen molar-refractivity contribution >= 4 is 22.6 Å². The number of aryl methyl sites for hydroxylation is 1. The lowest BCUT2D eigenvalue weighted by atomic mass is 10.1. The third kappa shape index (κ3) is 1.10. The van der Waals surface area contributed by atoms with E-state index in [1.165, 1.54) is 5.56 Å².